The number of aliphatic hydroxyl groups is 1. The maximum absolute atomic E-state index is 13.1. The van der Waals surface area contributed by atoms with E-state index in [0.29, 0.717) is 11.1 Å². The first-order valence-corrected chi connectivity index (χ1v) is 14.0. The maximum atomic E-state index is 13.1. The molecule has 0 aliphatic carbocycles. The predicted molar refractivity (Wildman–Crippen MR) is 146 cm³/mol. The Bertz CT molecular complexity index is 1670. The van der Waals surface area contributed by atoms with Crippen molar-refractivity contribution in [3.8, 4) is 0 Å². The van der Waals surface area contributed by atoms with Crippen molar-refractivity contribution < 1.29 is 34.5 Å². The van der Waals surface area contributed by atoms with Gasteiger partial charge in [0.15, 0.2) is 11.8 Å². The molecule has 0 spiro atoms. The first-order valence-electron chi connectivity index (χ1n) is 12.1. The molecule has 2 aromatic heterocycles. The first-order chi connectivity index (χ1) is 19.6. The molecule has 14 nitrogen and oxygen atoms in total. The molecule has 0 bridgehead atoms. The molecule has 4 atom stereocenters. The molecular weight excluding hydrogens is 576 g/mol. The van der Waals surface area contributed by atoms with Crippen LogP contribution in [0.5, 0.6) is 0 Å². The fraction of sp³-hybridized carbons (Fsp3) is 0.240. The number of hydrogen-bond acceptors (Lipinski definition) is 10. The molecule has 3 unspecified atom stereocenters. The summed E-state index contributed by atoms with van der Waals surface area (Å²) in [6.07, 6.45) is -1.19. The highest BCUT2D eigenvalue weighted by molar-refractivity contribution is 8.01. The van der Waals surface area contributed by atoms with Crippen molar-refractivity contribution in [2.24, 2.45) is 0 Å². The Morgan fingerprint density at radius 1 is 1.15 bits per heavy atom. The fourth-order valence-electron chi connectivity index (χ4n) is 4.51. The van der Waals surface area contributed by atoms with Gasteiger partial charge in [-0.3, -0.25) is 14.5 Å². The summed E-state index contributed by atoms with van der Waals surface area (Å²) in [4.78, 5) is 62.9. The van der Waals surface area contributed by atoms with Crippen LogP contribution in [-0.2, 0) is 14.4 Å². The van der Waals surface area contributed by atoms with Crippen molar-refractivity contribution in [3.05, 3.63) is 82.4 Å². The Balaban J connectivity index is 1.39. The molecule has 41 heavy (non-hydrogen) atoms. The highest BCUT2D eigenvalue weighted by atomic mass is 32.2. The monoisotopic (exact) mass is 598 g/mol. The van der Waals surface area contributed by atoms with Crippen LogP contribution in [-0.4, -0.2) is 85.9 Å². The van der Waals surface area contributed by atoms with E-state index in [9.17, 15) is 34.2 Å². The SMILES string of the molecule is C=CCC(Sc1ccc2nn(C(=O)O)c(=O)n2n1)C1=C(C(=O)O)N2C(=O)C(NC(=O)C(O)c3ccccc3)[C@@H]2SC1. The van der Waals surface area contributed by atoms with E-state index in [0.717, 1.165) is 21.2 Å². The number of carboxylic acid groups (broad SMARTS) is 2. The van der Waals surface area contributed by atoms with Gasteiger partial charge in [-0.25, -0.2) is 14.4 Å². The number of benzene rings is 1. The molecule has 0 radical (unpaired) electrons. The number of rotatable bonds is 9. The third-order valence-electron chi connectivity index (χ3n) is 6.43. The average Bonchev–Trinajstić information content (AvgIpc) is 3.30. The quantitative estimate of drug-likeness (QED) is 0.155. The van der Waals surface area contributed by atoms with E-state index in [1.165, 1.54) is 23.9 Å². The molecule has 4 N–H and O–H groups in total. The van der Waals surface area contributed by atoms with Crippen LogP contribution >= 0.6 is 23.5 Å². The van der Waals surface area contributed by atoms with Crippen molar-refractivity contribution in [1.29, 1.82) is 0 Å². The fourth-order valence-corrected chi connectivity index (χ4v) is 7.17. The average molecular weight is 599 g/mol. The van der Waals surface area contributed by atoms with Crippen LogP contribution < -0.4 is 11.0 Å². The van der Waals surface area contributed by atoms with Crippen molar-refractivity contribution in [3.63, 3.8) is 0 Å². The van der Waals surface area contributed by atoms with Crippen LogP contribution in [0.3, 0.4) is 0 Å². The van der Waals surface area contributed by atoms with Gasteiger partial charge in [-0.2, -0.15) is 9.61 Å². The number of allylic oxidation sites excluding steroid dienone is 1. The lowest BCUT2D eigenvalue weighted by Crippen LogP contribution is -2.71. The number of aliphatic hydroxyl groups excluding tert-OH is 1. The summed E-state index contributed by atoms with van der Waals surface area (Å²) in [5.74, 6) is -2.52. The highest BCUT2D eigenvalue weighted by Crippen LogP contribution is 2.44. The molecule has 212 valence electrons. The molecule has 2 aliphatic rings. The van der Waals surface area contributed by atoms with Gasteiger partial charge in [0, 0.05) is 11.0 Å². The van der Waals surface area contributed by atoms with Gasteiger partial charge >= 0.3 is 17.8 Å². The second kappa shape index (κ2) is 11.2. The largest absolute Gasteiger partial charge is 0.477 e. The van der Waals surface area contributed by atoms with Gasteiger partial charge in [0.05, 0.1) is 0 Å². The molecular formula is C25H22N6O8S2. The van der Waals surface area contributed by atoms with Gasteiger partial charge in [0.25, 0.3) is 11.8 Å². The number of nitrogens with one attached hydrogen (secondary N) is 1. The summed E-state index contributed by atoms with van der Waals surface area (Å²) in [7, 11) is 0. The number of hydrogen-bond donors (Lipinski definition) is 4. The summed E-state index contributed by atoms with van der Waals surface area (Å²) >= 11 is 2.39. The summed E-state index contributed by atoms with van der Waals surface area (Å²) in [6.45, 7) is 3.75. The van der Waals surface area contributed by atoms with E-state index >= 15 is 0 Å². The molecule has 1 fully saturated rings. The molecule has 5 rings (SSSR count). The molecule has 16 heteroatoms. The summed E-state index contributed by atoms with van der Waals surface area (Å²) < 4.78 is 1.08. The van der Waals surface area contributed by atoms with Gasteiger partial charge in [-0.1, -0.05) is 48.2 Å². The number of β-lactam (4-membered cyclic amide) rings is 1. The number of aliphatic carboxylic acids is 1. The third-order valence-corrected chi connectivity index (χ3v) is 8.95. The number of carbonyl (C=O) groups excluding carboxylic acids is 2. The topological polar surface area (TPSA) is 196 Å². The van der Waals surface area contributed by atoms with Crippen molar-refractivity contribution in [2.75, 3.05) is 5.75 Å². The summed E-state index contributed by atoms with van der Waals surface area (Å²) in [5, 5.41) is 39.1. The smallest absolute Gasteiger partial charge is 0.436 e. The molecule has 4 heterocycles. The minimum Gasteiger partial charge on any atom is -0.477 e. The van der Waals surface area contributed by atoms with E-state index in [1.807, 2.05) is 0 Å². The lowest BCUT2D eigenvalue weighted by atomic mass is 9.99. The lowest BCUT2D eigenvalue weighted by Gasteiger charge is -2.50. The van der Waals surface area contributed by atoms with Gasteiger partial charge in [0.1, 0.15) is 22.1 Å². The van der Waals surface area contributed by atoms with Crippen molar-refractivity contribution >= 4 is 53.0 Å². The Morgan fingerprint density at radius 3 is 2.54 bits per heavy atom. The zero-order chi connectivity index (χ0) is 29.4. The number of carboxylic acids is 1. The lowest BCUT2D eigenvalue weighted by molar-refractivity contribution is -0.151. The maximum Gasteiger partial charge on any atom is 0.436 e. The van der Waals surface area contributed by atoms with E-state index in [-0.39, 0.29) is 33.2 Å². The van der Waals surface area contributed by atoms with Crippen LogP contribution in [0.25, 0.3) is 5.65 Å². The second-order valence-corrected chi connectivity index (χ2v) is 11.3. The van der Waals surface area contributed by atoms with Crippen molar-refractivity contribution in [1.82, 2.24) is 29.6 Å². The zero-order valence-corrected chi connectivity index (χ0v) is 22.6. The standard InChI is InChI=1S/C25H22N6O8S2/c1-2-6-14(41-16-10-9-15-27-31(25(38)39)24(37)30(15)28-16)13-11-40-22-17(21(34)29(22)18(13)23(35)36)26-20(33)19(32)12-7-4-3-5-8-12/h2-5,7-10,14,17,19,22,32H,1,6,11H2,(H,26,33)(H,35,36)(H,38,39)/t14?,17?,19?,22-/m0/s1. The van der Waals surface area contributed by atoms with Crippen LogP contribution in [0.1, 0.15) is 18.1 Å². The molecule has 2 amide bonds. The first kappa shape index (κ1) is 28.1. The van der Waals surface area contributed by atoms with Gasteiger partial charge in [-0.05, 0) is 29.7 Å². The second-order valence-electron chi connectivity index (χ2n) is 8.94. The zero-order valence-electron chi connectivity index (χ0n) is 21.0. The minimum absolute atomic E-state index is 0.0140. The van der Waals surface area contributed by atoms with E-state index < -0.39 is 52.3 Å². The van der Waals surface area contributed by atoms with E-state index in [2.05, 4.69) is 22.1 Å². The van der Waals surface area contributed by atoms with Gasteiger partial charge in [0.2, 0.25) is 0 Å². The van der Waals surface area contributed by atoms with Crippen LogP contribution in [0.15, 0.2) is 76.2 Å². The molecule has 2 aliphatic heterocycles. The highest BCUT2D eigenvalue weighted by Gasteiger charge is 2.55. The summed E-state index contributed by atoms with van der Waals surface area (Å²) in [5.41, 5.74) is -0.411. The number of nitrogens with zero attached hydrogens (tertiary/aromatic N) is 5. The number of aromatic nitrogens is 4. The van der Waals surface area contributed by atoms with Crippen LogP contribution in [0.4, 0.5) is 4.79 Å². The van der Waals surface area contributed by atoms with Crippen LogP contribution in [0.2, 0.25) is 0 Å². The molecule has 0 saturated carbocycles. The van der Waals surface area contributed by atoms with E-state index in [4.69, 9.17) is 5.11 Å². The Labute approximate surface area is 239 Å². The molecule has 1 aromatic carbocycles. The Kier molecular flexibility index (Phi) is 7.70. The Morgan fingerprint density at radius 2 is 1.88 bits per heavy atom. The molecule has 1 saturated heterocycles. The number of carbonyl (C=O) groups is 4. The third kappa shape index (κ3) is 5.12. The number of thioether (sulfide) groups is 2. The molecule has 3 aromatic rings. The van der Waals surface area contributed by atoms with Gasteiger partial charge < -0.3 is 20.6 Å². The van der Waals surface area contributed by atoms with E-state index in [1.54, 1.807) is 36.4 Å². The normalized spacial score (nSPS) is 19.7. The predicted octanol–water partition coefficient (Wildman–Crippen LogP) is 0.926. The summed E-state index contributed by atoms with van der Waals surface area (Å²) in [6, 6.07) is 10.1. The number of fused-ring (bicyclic) bond motifs is 2. The van der Waals surface area contributed by atoms with Crippen molar-refractivity contribution in [2.45, 2.75) is 34.2 Å². The Hall–Kier alpha value is -4.41. The van der Waals surface area contributed by atoms with Crippen LogP contribution in [0, 0.1) is 0 Å². The number of amides is 2. The minimum atomic E-state index is -1.56. The van der Waals surface area contributed by atoms with Gasteiger partial charge in [-0.15, -0.1) is 28.1 Å².